The van der Waals surface area contributed by atoms with Crippen LogP contribution in [-0.2, 0) is 7.05 Å². The quantitative estimate of drug-likeness (QED) is 0.713. The normalized spacial score (nSPS) is 21.3. The summed E-state index contributed by atoms with van der Waals surface area (Å²) in [4.78, 5) is 15.7. The van der Waals surface area contributed by atoms with Crippen molar-refractivity contribution in [3.63, 3.8) is 0 Å². The minimum absolute atomic E-state index is 0.0382. The molecule has 1 amide bonds. The molecule has 0 radical (unpaired) electrons. The van der Waals surface area contributed by atoms with Crippen molar-refractivity contribution in [2.24, 2.45) is 7.05 Å². The molecule has 0 aromatic carbocycles. The maximum atomic E-state index is 11.8. The van der Waals surface area contributed by atoms with Crippen LogP contribution in [0.4, 0.5) is 0 Å². The molecule has 0 aliphatic carbocycles. The molecule has 1 atom stereocenters. The van der Waals surface area contributed by atoms with Crippen LogP contribution in [-0.4, -0.2) is 34.6 Å². The van der Waals surface area contributed by atoms with E-state index < -0.39 is 0 Å². The van der Waals surface area contributed by atoms with Gasteiger partial charge in [0, 0.05) is 19.6 Å². The van der Waals surface area contributed by atoms with Crippen molar-refractivity contribution in [3.05, 3.63) is 18.2 Å². The molecule has 0 saturated carbocycles. The van der Waals surface area contributed by atoms with E-state index >= 15 is 0 Å². The molecule has 1 aliphatic heterocycles. The van der Waals surface area contributed by atoms with Gasteiger partial charge in [-0.1, -0.05) is 0 Å². The molecular weight excluding hydrogens is 192 g/mol. The minimum atomic E-state index is -0.0382. The topological polar surface area (TPSA) is 59.0 Å². The summed E-state index contributed by atoms with van der Waals surface area (Å²) in [6.45, 7) is 1.92. The second kappa shape index (κ2) is 4.44. The number of carbonyl (C=O) groups excluding carboxylic acids is 1. The Labute approximate surface area is 88.9 Å². The molecule has 1 aromatic rings. The maximum absolute atomic E-state index is 11.8. The first kappa shape index (κ1) is 10.2. The summed E-state index contributed by atoms with van der Waals surface area (Å²) in [5.41, 5.74) is 0.612. The molecule has 2 N–H and O–H groups in total. The lowest BCUT2D eigenvalue weighted by Gasteiger charge is -2.23. The number of aromatic nitrogens is 2. The SMILES string of the molecule is Cn1cncc1C(=O)N[C@H]1CCCNC1. The predicted molar refractivity (Wildman–Crippen MR) is 56.6 cm³/mol. The van der Waals surface area contributed by atoms with Crippen molar-refractivity contribution >= 4 is 5.91 Å². The zero-order valence-corrected chi connectivity index (χ0v) is 8.86. The third-order valence-corrected chi connectivity index (χ3v) is 2.68. The van der Waals surface area contributed by atoms with E-state index in [4.69, 9.17) is 0 Å². The fourth-order valence-corrected chi connectivity index (χ4v) is 1.81. The van der Waals surface area contributed by atoms with Crippen LogP contribution in [0, 0.1) is 0 Å². The number of hydrogen-bond donors (Lipinski definition) is 2. The first-order valence-corrected chi connectivity index (χ1v) is 5.25. The molecule has 82 valence electrons. The summed E-state index contributed by atoms with van der Waals surface area (Å²) in [6, 6.07) is 0.251. The van der Waals surface area contributed by atoms with Crippen LogP contribution in [0.15, 0.2) is 12.5 Å². The third kappa shape index (κ3) is 2.36. The van der Waals surface area contributed by atoms with E-state index in [0.29, 0.717) is 5.69 Å². The van der Waals surface area contributed by atoms with Crippen LogP contribution >= 0.6 is 0 Å². The van der Waals surface area contributed by atoms with Crippen LogP contribution in [0.25, 0.3) is 0 Å². The maximum Gasteiger partial charge on any atom is 0.269 e. The summed E-state index contributed by atoms with van der Waals surface area (Å²) < 4.78 is 1.73. The highest BCUT2D eigenvalue weighted by Gasteiger charge is 2.17. The van der Waals surface area contributed by atoms with E-state index in [1.54, 1.807) is 17.1 Å². The van der Waals surface area contributed by atoms with Crippen LogP contribution in [0.3, 0.4) is 0 Å². The highest BCUT2D eigenvalue weighted by molar-refractivity contribution is 5.92. The van der Waals surface area contributed by atoms with E-state index in [9.17, 15) is 4.79 Å². The lowest BCUT2D eigenvalue weighted by Crippen LogP contribution is -2.45. The summed E-state index contributed by atoms with van der Waals surface area (Å²) in [6.07, 6.45) is 5.40. The zero-order valence-electron chi connectivity index (χ0n) is 8.86. The van der Waals surface area contributed by atoms with Gasteiger partial charge < -0.3 is 15.2 Å². The Morgan fingerprint density at radius 3 is 3.20 bits per heavy atom. The molecule has 0 spiro atoms. The van der Waals surface area contributed by atoms with Gasteiger partial charge in [-0.2, -0.15) is 0 Å². The standard InChI is InChI=1S/C10H16N4O/c1-14-7-12-6-9(14)10(15)13-8-3-2-4-11-5-8/h6-8,11H,2-5H2,1H3,(H,13,15)/t8-/m0/s1. The molecule has 5 heteroatoms. The number of amides is 1. The number of rotatable bonds is 2. The second-order valence-corrected chi connectivity index (χ2v) is 3.91. The highest BCUT2D eigenvalue weighted by atomic mass is 16.2. The number of hydrogen-bond acceptors (Lipinski definition) is 3. The van der Waals surface area contributed by atoms with Crippen LogP contribution < -0.4 is 10.6 Å². The Balaban J connectivity index is 1.94. The van der Waals surface area contributed by atoms with E-state index in [2.05, 4.69) is 15.6 Å². The van der Waals surface area contributed by atoms with E-state index in [-0.39, 0.29) is 11.9 Å². The summed E-state index contributed by atoms with van der Waals surface area (Å²) in [5, 5.41) is 6.26. The van der Waals surface area contributed by atoms with Crippen molar-refractivity contribution < 1.29 is 4.79 Å². The van der Waals surface area contributed by atoms with Crippen molar-refractivity contribution in [1.82, 2.24) is 20.2 Å². The lowest BCUT2D eigenvalue weighted by atomic mass is 10.1. The van der Waals surface area contributed by atoms with Gasteiger partial charge in [0.05, 0.1) is 12.5 Å². The Hall–Kier alpha value is -1.36. The zero-order chi connectivity index (χ0) is 10.7. The number of carbonyl (C=O) groups is 1. The van der Waals surface area contributed by atoms with Gasteiger partial charge in [0.15, 0.2) is 0 Å². The molecule has 0 bridgehead atoms. The number of piperidine rings is 1. The molecule has 1 fully saturated rings. The number of imidazole rings is 1. The Morgan fingerprint density at radius 2 is 2.60 bits per heavy atom. The van der Waals surface area contributed by atoms with Crippen molar-refractivity contribution in [1.29, 1.82) is 0 Å². The van der Waals surface area contributed by atoms with Crippen molar-refractivity contribution in [3.8, 4) is 0 Å². The average molecular weight is 208 g/mol. The van der Waals surface area contributed by atoms with Crippen molar-refractivity contribution in [2.45, 2.75) is 18.9 Å². The minimum Gasteiger partial charge on any atom is -0.347 e. The smallest absolute Gasteiger partial charge is 0.269 e. The van der Waals surface area contributed by atoms with Crippen molar-refractivity contribution in [2.75, 3.05) is 13.1 Å². The van der Waals surface area contributed by atoms with Gasteiger partial charge in [0.2, 0.25) is 0 Å². The van der Waals surface area contributed by atoms with Crippen LogP contribution in [0.5, 0.6) is 0 Å². The Bertz CT molecular complexity index is 341. The fraction of sp³-hybridized carbons (Fsp3) is 0.600. The largest absolute Gasteiger partial charge is 0.347 e. The lowest BCUT2D eigenvalue weighted by molar-refractivity contribution is 0.0922. The van der Waals surface area contributed by atoms with Gasteiger partial charge in [0.1, 0.15) is 5.69 Å². The molecule has 15 heavy (non-hydrogen) atoms. The monoisotopic (exact) mass is 208 g/mol. The van der Waals surface area contributed by atoms with Gasteiger partial charge in [-0.25, -0.2) is 4.98 Å². The number of nitrogens with zero attached hydrogens (tertiary/aromatic N) is 2. The van der Waals surface area contributed by atoms with E-state index in [1.807, 2.05) is 7.05 Å². The Morgan fingerprint density at radius 1 is 1.73 bits per heavy atom. The summed E-state index contributed by atoms with van der Waals surface area (Å²) in [7, 11) is 1.82. The molecule has 2 rings (SSSR count). The molecule has 1 aliphatic rings. The van der Waals surface area contributed by atoms with Gasteiger partial charge in [-0.15, -0.1) is 0 Å². The second-order valence-electron chi connectivity index (χ2n) is 3.91. The van der Waals surface area contributed by atoms with E-state index in [1.165, 1.54) is 0 Å². The van der Waals surface area contributed by atoms with Crippen LogP contribution in [0.1, 0.15) is 23.3 Å². The number of aryl methyl sites for hydroxylation is 1. The third-order valence-electron chi connectivity index (χ3n) is 2.68. The predicted octanol–water partition coefficient (Wildman–Crippen LogP) is -0.0981. The van der Waals surface area contributed by atoms with Crippen LogP contribution in [0.2, 0.25) is 0 Å². The molecular formula is C10H16N4O. The van der Waals surface area contributed by atoms with Gasteiger partial charge in [0.25, 0.3) is 5.91 Å². The Kier molecular flexibility index (Phi) is 3.01. The molecule has 1 aromatic heterocycles. The highest BCUT2D eigenvalue weighted by Crippen LogP contribution is 2.03. The van der Waals surface area contributed by atoms with Gasteiger partial charge in [-0.05, 0) is 19.4 Å². The molecule has 2 heterocycles. The fourth-order valence-electron chi connectivity index (χ4n) is 1.81. The summed E-state index contributed by atoms with van der Waals surface area (Å²) >= 11 is 0. The molecule has 1 saturated heterocycles. The average Bonchev–Trinajstić information content (AvgIpc) is 2.66. The van der Waals surface area contributed by atoms with E-state index in [0.717, 1.165) is 25.9 Å². The summed E-state index contributed by atoms with van der Waals surface area (Å²) in [5.74, 6) is -0.0382. The molecule has 0 unspecified atom stereocenters. The number of nitrogens with one attached hydrogen (secondary N) is 2. The first-order valence-electron chi connectivity index (χ1n) is 5.25. The van der Waals surface area contributed by atoms with Gasteiger partial charge in [-0.3, -0.25) is 4.79 Å². The van der Waals surface area contributed by atoms with Gasteiger partial charge >= 0.3 is 0 Å². The molecule has 5 nitrogen and oxygen atoms in total. The first-order chi connectivity index (χ1) is 7.27.